The average Bonchev–Trinajstić information content (AvgIpc) is 3.53. The van der Waals surface area contributed by atoms with Gasteiger partial charge in [0.1, 0.15) is 70.6 Å². The number of carbonyl (C=O) groups is 1. The molecule has 0 saturated carbocycles. The number of ether oxygens (including phenoxy) is 7. The summed E-state index contributed by atoms with van der Waals surface area (Å²) in [7, 11) is 0. The Labute approximate surface area is 273 Å². The summed E-state index contributed by atoms with van der Waals surface area (Å²) in [5.74, 6) is -0.927. The van der Waals surface area contributed by atoms with E-state index in [1.54, 1.807) is 24.3 Å². The Hall–Kier alpha value is -3.01. The topological polar surface area (TPSA) is 264 Å². The van der Waals surface area contributed by atoms with Crippen molar-refractivity contribution >= 4 is 5.78 Å². The maximum atomic E-state index is 12.9. The summed E-state index contributed by atoms with van der Waals surface area (Å²) in [5.41, 5.74) is -3.46. The zero-order valence-electron chi connectivity index (χ0n) is 25.3. The molecule has 6 rings (SSSR count). The lowest BCUT2D eigenvalue weighted by Crippen LogP contribution is -2.62. The van der Waals surface area contributed by atoms with Crippen LogP contribution in [0, 0.1) is 0 Å². The number of Topliss-reactive ketones (excluding diaryl/α,β-unsaturated/α-hetero) is 1. The van der Waals surface area contributed by atoms with Crippen molar-refractivity contribution in [2.75, 3.05) is 33.0 Å². The molecule has 48 heavy (non-hydrogen) atoms. The number of hydrogen-bond donors (Lipinski definition) is 9. The number of aromatic hydroxyl groups is 1. The van der Waals surface area contributed by atoms with Gasteiger partial charge in [-0.1, -0.05) is 30.3 Å². The number of phenolic OH excluding ortho intramolecular Hbond substituents is 1. The average molecular weight is 683 g/mol. The number of carbonyl (C=O) groups excluding carboxylic acids is 1. The first-order valence-electron chi connectivity index (χ1n) is 15.2. The summed E-state index contributed by atoms with van der Waals surface area (Å²) in [5, 5.41) is 93.7. The van der Waals surface area contributed by atoms with Crippen molar-refractivity contribution in [2.45, 2.75) is 79.2 Å². The molecule has 0 spiro atoms. The van der Waals surface area contributed by atoms with E-state index in [9.17, 15) is 50.8 Å². The summed E-state index contributed by atoms with van der Waals surface area (Å²) < 4.78 is 39.3. The Balaban J connectivity index is 1.18. The molecule has 1 unspecified atom stereocenters. The van der Waals surface area contributed by atoms with Crippen LogP contribution in [0.25, 0.3) is 0 Å². The second kappa shape index (κ2) is 13.7. The SMILES string of the molecule is O=C1CC(c2ccccc2)Oc2cc(O[C@@H]3O[C@H](CO)[C@@H](O)[C@H](O)[C@H]3O[C@@H]3OC[C@](O)(CO[C@@H]4OC[C@](O)(CO)[C@H]4O)[C@H]3O)cc(O)c21. The minimum atomic E-state index is -2.15. The fraction of sp³-hybridized carbons (Fsp3) is 0.581. The second-order valence-electron chi connectivity index (χ2n) is 12.3. The highest BCUT2D eigenvalue weighted by Gasteiger charge is 2.55. The zero-order chi connectivity index (χ0) is 34.4. The van der Waals surface area contributed by atoms with Gasteiger partial charge in [0.05, 0.1) is 39.5 Å². The van der Waals surface area contributed by atoms with E-state index in [2.05, 4.69) is 0 Å². The van der Waals surface area contributed by atoms with Gasteiger partial charge in [0.15, 0.2) is 24.5 Å². The molecule has 264 valence electrons. The number of aliphatic hydroxyl groups is 8. The van der Waals surface area contributed by atoms with Crippen molar-refractivity contribution in [1.82, 2.24) is 0 Å². The minimum Gasteiger partial charge on any atom is -0.507 e. The van der Waals surface area contributed by atoms with Crippen molar-refractivity contribution in [3.05, 3.63) is 53.6 Å². The maximum Gasteiger partial charge on any atom is 0.229 e. The highest BCUT2D eigenvalue weighted by molar-refractivity contribution is 6.02. The standard InChI is InChI=1S/C31H38O17/c32-9-20-22(36)23(37)24(48-29-26(39)31(41,13-44-29)12-43-28-25(38)30(40,10-33)11-42-28)27(47-20)45-15-6-16(34)21-17(35)8-18(46-19(21)7-15)14-4-2-1-3-5-14/h1-7,18,20,22-29,32-34,36-41H,8-13H2/t18?,20-,22-,23+,24-,25+,26+,27-,28+,29+,30-,31-/m1/s1. The Morgan fingerprint density at radius 2 is 1.56 bits per heavy atom. The van der Waals surface area contributed by atoms with E-state index in [-0.39, 0.29) is 29.3 Å². The monoisotopic (exact) mass is 682 g/mol. The molecule has 9 N–H and O–H groups in total. The van der Waals surface area contributed by atoms with E-state index in [0.717, 1.165) is 11.6 Å². The summed E-state index contributed by atoms with van der Waals surface area (Å²) in [4.78, 5) is 12.9. The van der Waals surface area contributed by atoms with E-state index < -0.39 is 112 Å². The van der Waals surface area contributed by atoms with Gasteiger partial charge in [-0.3, -0.25) is 4.79 Å². The lowest BCUT2D eigenvalue weighted by Gasteiger charge is -2.42. The van der Waals surface area contributed by atoms with Crippen LogP contribution in [0.5, 0.6) is 17.2 Å². The van der Waals surface area contributed by atoms with Crippen LogP contribution >= 0.6 is 0 Å². The molecule has 0 aromatic heterocycles. The van der Waals surface area contributed by atoms with E-state index >= 15 is 0 Å². The summed E-state index contributed by atoms with van der Waals surface area (Å²) in [6.07, 6.45) is -15.4. The molecule has 3 fully saturated rings. The molecule has 17 heteroatoms. The van der Waals surface area contributed by atoms with Crippen molar-refractivity contribution in [1.29, 1.82) is 0 Å². The molecule has 4 aliphatic heterocycles. The number of rotatable bonds is 10. The molecular weight excluding hydrogens is 644 g/mol. The number of hydrogen-bond acceptors (Lipinski definition) is 17. The van der Waals surface area contributed by atoms with Gasteiger partial charge in [-0.05, 0) is 5.56 Å². The Kier molecular flexibility index (Phi) is 9.95. The van der Waals surface area contributed by atoms with Gasteiger partial charge in [-0.25, -0.2) is 0 Å². The second-order valence-corrected chi connectivity index (χ2v) is 12.3. The zero-order valence-corrected chi connectivity index (χ0v) is 25.3. The number of phenols is 1. The van der Waals surface area contributed by atoms with Crippen molar-refractivity contribution in [2.24, 2.45) is 0 Å². The number of aliphatic hydroxyl groups excluding tert-OH is 6. The number of ketones is 1. The number of benzene rings is 2. The molecular formula is C31H38O17. The molecule has 0 bridgehead atoms. The van der Waals surface area contributed by atoms with Crippen LogP contribution in [0.2, 0.25) is 0 Å². The van der Waals surface area contributed by atoms with Crippen LogP contribution in [0.15, 0.2) is 42.5 Å². The van der Waals surface area contributed by atoms with E-state index in [1.807, 2.05) is 6.07 Å². The van der Waals surface area contributed by atoms with Gasteiger partial charge in [-0.2, -0.15) is 0 Å². The Morgan fingerprint density at radius 1 is 0.875 bits per heavy atom. The normalized spacial score (nSPS) is 39.6. The number of fused-ring (bicyclic) bond motifs is 1. The lowest BCUT2D eigenvalue weighted by atomic mass is 9.95. The highest BCUT2D eigenvalue weighted by atomic mass is 16.8. The predicted octanol–water partition coefficient (Wildman–Crippen LogP) is -2.79. The summed E-state index contributed by atoms with van der Waals surface area (Å²) in [6, 6.07) is 11.4. The molecule has 3 saturated heterocycles. The third-order valence-electron chi connectivity index (χ3n) is 8.90. The lowest BCUT2D eigenvalue weighted by molar-refractivity contribution is -0.319. The van der Waals surface area contributed by atoms with Crippen LogP contribution in [0.1, 0.15) is 28.4 Å². The van der Waals surface area contributed by atoms with E-state index in [0.29, 0.717) is 0 Å². The largest absolute Gasteiger partial charge is 0.507 e. The maximum absolute atomic E-state index is 12.9. The quantitative estimate of drug-likeness (QED) is 0.123. The first-order valence-corrected chi connectivity index (χ1v) is 15.2. The molecule has 4 aliphatic rings. The van der Waals surface area contributed by atoms with Crippen molar-refractivity contribution < 1.29 is 83.9 Å². The van der Waals surface area contributed by atoms with Crippen molar-refractivity contribution in [3.63, 3.8) is 0 Å². The van der Waals surface area contributed by atoms with Gasteiger partial charge >= 0.3 is 0 Å². The molecule has 0 amide bonds. The Bertz CT molecular complexity index is 1440. The third-order valence-corrected chi connectivity index (χ3v) is 8.90. The fourth-order valence-corrected chi connectivity index (χ4v) is 5.98. The summed E-state index contributed by atoms with van der Waals surface area (Å²) in [6.45, 7) is -3.27. The molecule has 0 aliphatic carbocycles. The molecule has 2 aromatic carbocycles. The molecule has 12 atom stereocenters. The first kappa shape index (κ1) is 34.8. The first-order chi connectivity index (χ1) is 22.9. The Morgan fingerprint density at radius 3 is 2.25 bits per heavy atom. The van der Waals surface area contributed by atoms with Crippen LogP contribution in [-0.2, 0) is 23.7 Å². The van der Waals surface area contributed by atoms with Crippen LogP contribution < -0.4 is 9.47 Å². The van der Waals surface area contributed by atoms with Gasteiger partial charge in [0.25, 0.3) is 0 Å². The fourth-order valence-electron chi connectivity index (χ4n) is 5.98. The van der Waals surface area contributed by atoms with E-state index in [4.69, 9.17) is 33.2 Å². The highest BCUT2D eigenvalue weighted by Crippen LogP contribution is 2.43. The molecule has 0 radical (unpaired) electrons. The van der Waals surface area contributed by atoms with Gasteiger partial charge < -0.3 is 79.1 Å². The minimum absolute atomic E-state index is 0.0103. The molecule has 17 nitrogen and oxygen atoms in total. The summed E-state index contributed by atoms with van der Waals surface area (Å²) >= 11 is 0. The van der Waals surface area contributed by atoms with E-state index in [1.165, 1.54) is 6.07 Å². The van der Waals surface area contributed by atoms with Gasteiger partial charge in [0, 0.05) is 12.1 Å². The van der Waals surface area contributed by atoms with Crippen molar-refractivity contribution in [3.8, 4) is 17.2 Å². The predicted molar refractivity (Wildman–Crippen MR) is 155 cm³/mol. The van der Waals surface area contributed by atoms with Gasteiger partial charge in [0.2, 0.25) is 6.29 Å². The third kappa shape index (κ3) is 6.50. The van der Waals surface area contributed by atoms with Crippen LogP contribution in [-0.4, -0.2) is 151 Å². The molecule has 2 aromatic rings. The smallest absolute Gasteiger partial charge is 0.229 e. The van der Waals surface area contributed by atoms with Crippen LogP contribution in [0.4, 0.5) is 0 Å². The van der Waals surface area contributed by atoms with Gasteiger partial charge in [-0.15, -0.1) is 0 Å². The van der Waals surface area contributed by atoms with Crippen LogP contribution in [0.3, 0.4) is 0 Å². The molecule has 4 heterocycles.